The summed E-state index contributed by atoms with van der Waals surface area (Å²) in [5.74, 6) is 0. The maximum atomic E-state index is 4.26. The van der Waals surface area contributed by atoms with Gasteiger partial charge in [-0.25, -0.2) is 0 Å². The lowest BCUT2D eigenvalue weighted by molar-refractivity contribution is 0.406. The first-order valence-electron chi connectivity index (χ1n) is 12.2. The molecule has 0 bridgehead atoms. The van der Waals surface area contributed by atoms with E-state index in [9.17, 15) is 0 Å². The molecule has 1 heterocycles. The predicted molar refractivity (Wildman–Crippen MR) is 147 cm³/mol. The lowest BCUT2D eigenvalue weighted by atomic mass is 9.88. The Bertz CT molecular complexity index is 739. The fraction of sp³-hybridized carbons (Fsp3) is 0.469. The van der Waals surface area contributed by atoms with Crippen molar-refractivity contribution >= 4 is 0 Å². The monoisotopic (exact) mass is 445 g/mol. The molecule has 180 valence electrons. The van der Waals surface area contributed by atoms with Crippen molar-refractivity contribution < 1.29 is 0 Å². The smallest absolute Gasteiger partial charge is 0.0408 e. The van der Waals surface area contributed by atoms with Crippen molar-refractivity contribution in [2.75, 3.05) is 0 Å². The molecule has 1 aromatic heterocycles. The maximum absolute atomic E-state index is 4.26. The van der Waals surface area contributed by atoms with Crippen LogP contribution in [-0.4, -0.2) is 4.98 Å². The highest BCUT2D eigenvalue weighted by Gasteiger charge is 2.11. The molecule has 0 aliphatic rings. The zero-order valence-electron chi connectivity index (χ0n) is 22.7. The van der Waals surface area contributed by atoms with Crippen molar-refractivity contribution in [2.45, 2.75) is 81.6 Å². The standard InChI is InChI=1S/2C11H16.C10H15N/c2*1-11(2,3)9-10-7-5-4-6-8-10;1-10(2,3)8-9-6-4-5-7-11-9/h2*4-8H,9H2,1-3H3;4-7H,8H2,1-3H3. The summed E-state index contributed by atoms with van der Waals surface area (Å²) in [6.45, 7) is 20.3. The first kappa shape index (κ1) is 28.6. The Balaban J connectivity index is 0.000000247. The van der Waals surface area contributed by atoms with Crippen LogP contribution >= 0.6 is 0 Å². The van der Waals surface area contributed by atoms with Crippen molar-refractivity contribution in [3.63, 3.8) is 0 Å². The Morgan fingerprint density at radius 1 is 0.455 bits per heavy atom. The lowest BCUT2D eigenvalue weighted by Gasteiger charge is -2.17. The largest absolute Gasteiger partial charge is 0.261 e. The molecule has 0 unspecified atom stereocenters. The van der Waals surface area contributed by atoms with Gasteiger partial charge in [0.2, 0.25) is 0 Å². The van der Waals surface area contributed by atoms with Crippen LogP contribution in [0.25, 0.3) is 0 Å². The van der Waals surface area contributed by atoms with Gasteiger partial charge in [-0.05, 0) is 58.8 Å². The lowest BCUT2D eigenvalue weighted by Crippen LogP contribution is -2.09. The third kappa shape index (κ3) is 16.8. The molecule has 0 aliphatic heterocycles. The quantitative estimate of drug-likeness (QED) is 0.391. The minimum Gasteiger partial charge on any atom is -0.261 e. The van der Waals surface area contributed by atoms with E-state index >= 15 is 0 Å². The first-order chi connectivity index (χ1) is 15.2. The molecule has 0 amide bonds. The van der Waals surface area contributed by atoms with Gasteiger partial charge < -0.3 is 0 Å². The number of benzene rings is 2. The molecule has 2 aromatic carbocycles. The van der Waals surface area contributed by atoms with E-state index in [2.05, 4.69) is 134 Å². The van der Waals surface area contributed by atoms with Gasteiger partial charge in [0.25, 0.3) is 0 Å². The van der Waals surface area contributed by atoms with Gasteiger partial charge in [0.15, 0.2) is 0 Å². The van der Waals surface area contributed by atoms with Gasteiger partial charge in [-0.15, -0.1) is 0 Å². The molecule has 0 aliphatic carbocycles. The van der Waals surface area contributed by atoms with Crippen molar-refractivity contribution in [1.29, 1.82) is 0 Å². The van der Waals surface area contributed by atoms with Crippen LogP contribution in [0.3, 0.4) is 0 Å². The van der Waals surface area contributed by atoms with E-state index in [4.69, 9.17) is 0 Å². The fourth-order valence-electron chi connectivity index (χ4n) is 3.46. The molecule has 0 spiro atoms. The van der Waals surface area contributed by atoms with Crippen molar-refractivity contribution in [3.05, 3.63) is 102 Å². The number of nitrogens with zero attached hydrogens (tertiary/aromatic N) is 1. The van der Waals surface area contributed by atoms with Gasteiger partial charge in [0.05, 0.1) is 0 Å². The molecule has 3 aromatic rings. The summed E-state index contributed by atoms with van der Waals surface area (Å²) in [5.41, 5.74) is 5.19. The molecule has 1 nitrogen and oxygen atoms in total. The van der Waals surface area contributed by atoms with Crippen LogP contribution in [0, 0.1) is 16.2 Å². The van der Waals surface area contributed by atoms with Crippen LogP contribution in [-0.2, 0) is 19.3 Å². The average molecular weight is 446 g/mol. The molecule has 0 radical (unpaired) electrons. The number of rotatable bonds is 3. The van der Waals surface area contributed by atoms with E-state index < -0.39 is 0 Å². The summed E-state index contributed by atoms with van der Waals surface area (Å²) >= 11 is 0. The second-order valence-corrected chi connectivity index (χ2v) is 12.5. The second kappa shape index (κ2) is 13.3. The zero-order chi connectivity index (χ0) is 25.0. The van der Waals surface area contributed by atoms with Crippen LogP contribution in [0.2, 0.25) is 0 Å². The average Bonchev–Trinajstić information content (AvgIpc) is 2.67. The molecular formula is C32H47N. The molecule has 0 N–H and O–H groups in total. The van der Waals surface area contributed by atoms with Crippen molar-refractivity contribution in [2.24, 2.45) is 16.2 Å². The Morgan fingerprint density at radius 3 is 1.12 bits per heavy atom. The van der Waals surface area contributed by atoms with Crippen LogP contribution in [0.4, 0.5) is 0 Å². The number of hydrogen-bond acceptors (Lipinski definition) is 1. The maximum Gasteiger partial charge on any atom is 0.0408 e. The van der Waals surface area contributed by atoms with Crippen LogP contribution in [0.15, 0.2) is 85.1 Å². The summed E-state index contributed by atoms with van der Waals surface area (Å²) in [7, 11) is 0. The minimum absolute atomic E-state index is 0.342. The number of pyridine rings is 1. The van der Waals surface area contributed by atoms with E-state index in [1.165, 1.54) is 16.8 Å². The summed E-state index contributed by atoms with van der Waals surface area (Å²) in [6.07, 6.45) is 5.22. The first-order valence-corrected chi connectivity index (χ1v) is 12.2. The van der Waals surface area contributed by atoms with E-state index in [1.807, 2.05) is 18.3 Å². The molecule has 0 fully saturated rings. The summed E-state index contributed by atoms with van der Waals surface area (Å²) in [4.78, 5) is 4.26. The van der Waals surface area contributed by atoms with Gasteiger partial charge in [0.1, 0.15) is 0 Å². The molecule has 0 atom stereocenters. The minimum atomic E-state index is 0.342. The SMILES string of the molecule is CC(C)(C)Cc1ccccc1.CC(C)(C)Cc1ccccc1.CC(C)(C)Cc1ccccn1. The number of aromatic nitrogens is 1. The topological polar surface area (TPSA) is 12.9 Å². The van der Waals surface area contributed by atoms with Gasteiger partial charge in [-0.2, -0.15) is 0 Å². The fourth-order valence-corrected chi connectivity index (χ4v) is 3.46. The van der Waals surface area contributed by atoms with E-state index in [0.717, 1.165) is 19.3 Å². The predicted octanol–water partition coefficient (Wildman–Crippen LogP) is 9.22. The van der Waals surface area contributed by atoms with Crippen molar-refractivity contribution in [3.8, 4) is 0 Å². The summed E-state index contributed by atoms with van der Waals surface area (Å²) < 4.78 is 0. The Morgan fingerprint density at radius 2 is 0.818 bits per heavy atom. The molecule has 3 rings (SSSR count). The van der Waals surface area contributed by atoms with Crippen LogP contribution < -0.4 is 0 Å². The molecule has 1 heteroatoms. The molecule has 33 heavy (non-hydrogen) atoms. The molecule has 0 saturated heterocycles. The van der Waals surface area contributed by atoms with Gasteiger partial charge in [-0.1, -0.05) is 129 Å². The Labute approximate surface area is 204 Å². The van der Waals surface area contributed by atoms with E-state index in [0.29, 0.717) is 16.2 Å². The molecule has 0 saturated carbocycles. The van der Waals surface area contributed by atoms with Crippen molar-refractivity contribution in [1.82, 2.24) is 4.98 Å². The van der Waals surface area contributed by atoms with Gasteiger partial charge >= 0.3 is 0 Å². The third-order valence-electron chi connectivity index (χ3n) is 4.59. The molecular weight excluding hydrogens is 398 g/mol. The zero-order valence-corrected chi connectivity index (χ0v) is 22.7. The highest BCUT2D eigenvalue weighted by atomic mass is 14.7. The number of hydrogen-bond donors (Lipinski definition) is 0. The van der Waals surface area contributed by atoms with E-state index in [-0.39, 0.29) is 0 Å². The third-order valence-corrected chi connectivity index (χ3v) is 4.59. The second-order valence-electron chi connectivity index (χ2n) is 12.5. The highest BCUT2D eigenvalue weighted by Crippen LogP contribution is 2.21. The normalized spacial score (nSPS) is 11.5. The summed E-state index contributed by atoms with van der Waals surface area (Å²) in [5, 5.41) is 0. The van der Waals surface area contributed by atoms with Crippen LogP contribution in [0.5, 0.6) is 0 Å². The Kier molecular flexibility index (Phi) is 11.6. The van der Waals surface area contributed by atoms with Crippen LogP contribution in [0.1, 0.15) is 79.1 Å². The van der Waals surface area contributed by atoms with Gasteiger partial charge in [-0.3, -0.25) is 4.98 Å². The highest BCUT2D eigenvalue weighted by molar-refractivity contribution is 5.16. The van der Waals surface area contributed by atoms with E-state index in [1.54, 1.807) is 0 Å². The summed E-state index contributed by atoms with van der Waals surface area (Å²) in [6, 6.07) is 27.3. The Hall–Kier alpha value is -2.41. The van der Waals surface area contributed by atoms with Gasteiger partial charge in [0, 0.05) is 11.9 Å².